The molecule has 1 amide bonds. The summed E-state index contributed by atoms with van der Waals surface area (Å²) in [6.07, 6.45) is 0. The van der Waals surface area contributed by atoms with Crippen LogP contribution in [0.25, 0.3) is 0 Å². The van der Waals surface area contributed by atoms with E-state index in [-0.39, 0.29) is 17.2 Å². The van der Waals surface area contributed by atoms with E-state index in [0.29, 0.717) is 6.54 Å². The van der Waals surface area contributed by atoms with Crippen molar-refractivity contribution in [3.8, 4) is 5.75 Å². The minimum atomic E-state index is -0.226. The molecular formula is C13H13BrN2O2S. The Morgan fingerprint density at radius 1 is 1.53 bits per heavy atom. The van der Waals surface area contributed by atoms with Crippen LogP contribution in [0, 0.1) is 6.92 Å². The van der Waals surface area contributed by atoms with Crippen molar-refractivity contribution in [3.63, 3.8) is 0 Å². The van der Waals surface area contributed by atoms with Gasteiger partial charge in [0.2, 0.25) is 0 Å². The first kappa shape index (κ1) is 14.0. The minimum Gasteiger partial charge on any atom is -0.507 e. The average Bonchev–Trinajstić information content (AvgIpc) is 2.74. The van der Waals surface area contributed by atoms with E-state index < -0.39 is 0 Å². The van der Waals surface area contributed by atoms with Gasteiger partial charge in [0.1, 0.15) is 5.75 Å². The van der Waals surface area contributed by atoms with Crippen LogP contribution in [0.15, 0.2) is 28.1 Å². The van der Waals surface area contributed by atoms with Crippen molar-refractivity contribution in [2.75, 3.05) is 7.05 Å². The minimum absolute atomic E-state index is 0.0271. The Labute approximate surface area is 123 Å². The largest absolute Gasteiger partial charge is 0.507 e. The smallest absolute Gasteiger partial charge is 0.257 e. The van der Waals surface area contributed by atoms with Crippen LogP contribution in [0.3, 0.4) is 0 Å². The number of phenolic OH excluding ortho intramolecular Hbond substituents is 1. The first-order valence-electron chi connectivity index (χ1n) is 5.62. The number of amides is 1. The molecule has 0 radical (unpaired) electrons. The molecule has 2 rings (SSSR count). The van der Waals surface area contributed by atoms with Crippen LogP contribution in [0.1, 0.15) is 21.1 Å². The van der Waals surface area contributed by atoms with Crippen LogP contribution in [-0.2, 0) is 6.54 Å². The van der Waals surface area contributed by atoms with E-state index in [1.165, 1.54) is 11.0 Å². The predicted molar refractivity (Wildman–Crippen MR) is 78.5 cm³/mol. The van der Waals surface area contributed by atoms with Gasteiger partial charge in [0, 0.05) is 16.9 Å². The number of aromatic hydroxyl groups is 1. The first-order chi connectivity index (χ1) is 8.97. The molecule has 0 spiro atoms. The zero-order valence-corrected chi connectivity index (χ0v) is 13.0. The number of carbonyl (C=O) groups excluding carboxylic acids is 1. The van der Waals surface area contributed by atoms with Gasteiger partial charge in [-0.25, -0.2) is 4.98 Å². The highest BCUT2D eigenvalue weighted by atomic mass is 79.9. The Hall–Kier alpha value is -1.40. The number of hydrogen-bond acceptors (Lipinski definition) is 4. The van der Waals surface area contributed by atoms with Crippen molar-refractivity contribution in [3.05, 3.63) is 44.3 Å². The summed E-state index contributed by atoms with van der Waals surface area (Å²) in [6.45, 7) is 2.36. The average molecular weight is 341 g/mol. The van der Waals surface area contributed by atoms with Gasteiger partial charge in [0.25, 0.3) is 5.91 Å². The normalized spacial score (nSPS) is 10.5. The topological polar surface area (TPSA) is 53.4 Å². The second kappa shape index (κ2) is 5.71. The van der Waals surface area contributed by atoms with E-state index >= 15 is 0 Å². The van der Waals surface area contributed by atoms with Crippen molar-refractivity contribution >= 4 is 33.2 Å². The molecule has 0 fully saturated rings. The molecule has 19 heavy (non-hydrogen) atoms. The molecule has 4 nitrogen and oxygen atoms in total. The van der Waals surface area contributed by atoms with Gasteiger partial charge in [-0.15, -0.1) is 11.3 Å². The van der Waals surface area contributed by atoms with Crippen molar-refractivity contribution in [2.24, 2.45) is 0 Å². The highest BCUT2D eigenvalue weighted by Crippen LogP contribution is 2.23. The Morgan fingerprint density at radius 2 is 2.26 bits per heavy atom. The van der Waals surface area contributed by atoms with Crippen molar-refractivity contribution < 1.29 is 9.90 Å². The molecule has 0 bridgehead atoms. The molecule has 6 heteroatoms. The third-order valence-corrected chi connectivity index (χ3v) is 3.92. The van der Waals surface area contributed by atoms with E-state index in [4.69, 9.17) is 0 Å². The fourth-order valence-electron chi connectivity index (χ4n) is 1.69. The Morgan fingerprint density at radius 3 is 2.84 bits per heavy atom. The van der Waals surface area contributed by atoms with Gasteiger partial charge in [0.15, 0.2) is 0 Å². The van der Waals surface area contributed by atoms with Gasteiger partial charge >= 0.3 is 0 Å². The molecule has 1 aromatic carbocycles. The predicted octanol–water partition coefficient (Wildman–Crippen LogP) is 3.19. The fourth-order valence-corrected chi connectivity index (χ4v) is 2.64. The third kappa shape index (κ3) is 3.33. The van der Waals surface area contributed by atoms with E-state index in [1.807, 2.05) is 12.3 Å². The van der Waals surface area contributed by atoms with Crippen LogP contribution >= 0.6 is 27.3 Å². The molecule has 0 aliphatic carbocycles. The molecule has 2 aromatic rings. The lowest BCUT2D eigenvalue weighted by Gasteiger charge is -2.16. The van der Waals surface area contributed by atoms with Gasteiger partial charge in [0.05, 0.1) is 22.8 Å². The summed E-state index contributed by atoms with van der Waals surface area (Å²) in [7, 11) is 1.69. The molecule has 0 atom stereocenters. The van der Waals surface area contributed by atoms with E-state index in [9.17, 15) is 9.90 Å². The monoisotopic (exact) mass is 340 g/mol. The number of aryl methyl sites for hydroxylation is 1. The number of phenols is 1. The lowest BCUT2D eigenvalue weighted by molar-refractivity contribution is 0.0780. The highest BCUT2D eigenvalue weighted by Gasteiger charge is 2.16. The number of aromatic nitrogens is 1. The van der Waals surface area contributed by atoms with Crippen molar-refractivity contribution in [1.82, 2.24) is 9.88 Å². The van der Waals surface area contributed by atoms with E-state index in [1.54, 1.807) is 30.5 Å². The van der Waals surface area contributed by atoms with E-state index in [2.05, 4.69) is 20.9 Å². The molecule has 0 unspecified atom stereocenters. The lowest BCUT2D eigenvalue weighted by Crippen LogP contribution is -2.26. The van der Waals surface area contributed by atoms with Gasteiger partial charge < -0.3 is 10.0 Å². The van der Waals surface area contributed by atoms with Gasteiger partial charge in [-0.3, -0.25) is 4.79 Å². The standard InChI is InChI=1S/C13H13BrN2O2S/c1-8-15-10(7-19-8)6-16(2)13(18)11-4-3-9(14)5-12(11)17/h3-5,7,17H,6H2,1-2H3. The molecule has 0 saturated heterocycles. The highest BCUT2D eigenvalue weighted by molar-refractivity contribution is 9.10. The van der Waals surface area contributed by atoms with Crippen molar-refractivity contribution in [1.29, 1.82) is 0 Å². The molecule has 0 aliphatic rings. The number of carbonyl (C=O) groups is 1. The number of thiazole rings is 1. The maximum Gasteiger partial charge on any atom is 0.257 e. The quantitative estimate of drug-likeness (QED) is 0.933. The molecule has 1 N–H and O–H groups in total. The summed E-state index contributed by atoms with van der Waals surface area (Å²) in [5.41, 5.74) is 1.15. The molecule has 1 aromatic heterocycles. The van der Waals surface area contributed by atoms with Crippen LogP contribution in [-0.4, -0.2) is 27.9 Å². The molecule has 0 saturated carbocycles. The van der Waals surface area contributed by atoms with Gasteiger partial charge in [-0.05, 0) is 25.1 Å². The summed E-state index contributed by atoms with van der Waals surface area (Å²) in [5.74, 6) is -0.253. The zero-order chi connectivity index (χ0) is 14.0. The fraction of sp³-hybridized carbons (Fsp3) is 0.231. The Bertz CT molecular complexity index is 612. The lowest BCUT2D eigenvalue weighted by atomic mass is 10.2. The Balaban J connectivity index is 2.14. The second-order valence-electron chi connectivity index (χ2n) is 4.18. The zero-order valence-electron chi connectivity index (χ0n) is 10.6. The molecular weight excluding hydrogens is 328 g/mol. The van der Waals surface area contributed by atoms with Gasteiger partial charge in [-0.2, -0.15) is 0 Å². The van der Waals surface area contributed by atoms with Crippen LogP contribution < -0.4 is 0 Å². The number of benzene rings is 1. The maximum absolute atomic E-state index is 12.2. The third-order valence-electron chi connectivity index (χ3n) is 2.60. The summed E-state index contributed by atoms with van der Waals surface area (Å²) < 4.78 is 0.735. The molecule has 0 aliphatic heterocycles. The summed E-state index contributed by atoms with van der Waals surface area (Å²) >= 11 is 4.80. The van der Waals surface area contributed by atoms with E-state index in [0.717, 1.165) is 15.2 Å². The molecule has 1 heterocycles. The Kier molecular flexibility index (Phi) is 4.21. The van der Waals surface area contributed by atoms with Crippen molar-refractivity contribution in [2.45, 2.75) is 13.5 Å². The summed E-state index contributed by atoms with van der Waals surface area (Å²) in [4.78, 5) is 18.1. The first-order valence-corrected chi connectivity index (χ1v) is 7.29. The van der Waals surface area contributed by atoms with Gasteiger partial charge in [-0.1, -0.05) is 15.9 Å². The SMILES string of the molecule is Cc1nc(CN(C)C(=O)c2ccc(Br)cc2O)cs1. The van der Waals surface area contributed by atoms with Crippen LogP contribution in [0.4, 0.5) is 0 Å². The van der Waals surface area contributed by atoms with Crippen LogP contribution in [0.5, 0.6) is 5.75 Å². The second-order valence-corrected chi connectivity index (χ2v) is 6.16. The maximum atomic E-state index is 12.2. The number of nitrogens with zero attached hydrogens (tertiary/aromatic N) is 2. The summed E-state index contributed by atoms with van der Waals surface area (Å²) in [6, 6.07) is 4.84. The number of halogens is 1. The summed E-state index contributed by atoms with van der Waals surface area (Å²) in [5, 5.41) is 12.7. The number of hydrogen-bond donors (Lipinski definition) is 1. The number of rotatable bonds is 3. The molecule has 100 valence electrons. The van der Waals surface area contributed by atoms with Crippen LogP contribution in [0.2, 0.25) is 0 Å².